The Morgan fingerprint density at radius 3 is 1.78 bits per heavy atom. The van der Waals surface area contributed by atoms with Crippen molar-refractivity contribution in [2.75, 3.05) is 5.75 Å². The van der Waals surface area contributed by atoms with E-state index in [0.29, 0.717) is 10.8 Å². The minimum Gasteiger partial charge on any atom is -0.505 e. The number of halogens is 4. The number of aromatic hydroxyl groups is 1. The second kappa shape index (κ2) is 7.35. The minimum atomic E-state index is -0.264. The summed E-state index contributed by atoms with van der Waals surface area (Å²) >= 11 is 25.5. The highest BCUT2D eigenvalue weighted by molar-refractivity contribution is 7.99. The quantitative estimate of drug-likeness (QED) is 0.482. The Morgan fingerprint density at radius 2 is 1.39 bits per heavy atom. The fourth-order valence-corrected chi connectivity index (χ4v) is 4.07. The zero-order chi connectivity index (χ0) is 13.9. The molecular formula is C12H14Cl4OS. The summed E-state index contributed by atoms with van der Waals surface area (Å²) in [5.74, 6) is 1.22. The van der Waals surface area contributed by atoms with Gasteiger partial charge in [0.1, 0.15) is 10.0 Å². The molecule has 6 heteroatoms. The maximum absolute atomic E-state index is 9.62. The van der Waals surface area contributed by atoms with Gasteiger partial charge in [-0.2, -0.15) is 0 Å². The van der Waals surface area contributed by atoms with Crippen molar-refractivity contribution < 1.29 is 5.11 Å². The summed E-state index contributed by atoms with van der Waals surface area (Å²) < 4.78 is 0. The Morgan fingerprint density at radius 1 is 0.944 bits per heavy atom. The van der Waals surface area contributed by atoms with Gasteiger partial charge in [0.2, 0.25) is 0 Å². The maximum atomic E-state index is 9.62. The largest absolute Gasteiger partial charge is 0.505 e. The van der Waals surface area contributed by atoms with Crippen LogP contribution in [0.3, 0.4) is 0 Å². The van der Waals surface area contributed by atoms with Crippen molar-refractivity contribution >= 4 is 58.2 Å². The van der Waals surface area contributed by atoms with Crippen LogP contribution in [0.15, 0.2) is 4.90 Å². The number of rotatable bonds is 5. The number of hydrogen-bond acceptors (Lipinski definition) is 2. The van der Waals surface area contributed by atoms with E-state index in [0.717, 1.165) is 18.6 Å². The highest BCUT2D eigenvalue weighted by Crippen LogP contribution is 2.49. The topological polar surface area (TPSA) is 20.2 Å². The van der Waals surface area contributed by atoms with E-state index in [1.807, 2.05) is 0 Å². The third-order valence-electron chi connectivity index (χ3n) is 2.82. The van der Waals surface area contributed by atoms with Crippen molar-refractivity contribution in [2.45, 2.75) is 31.6 Å². The first kappa shape index (κ1) is 16.6. The van der Waals surface area contributed by atoms with Crippen LogP contribution < -0.4 is 0 Å². The van der Waals surface area contributed by atoms with Gasteiger partial charge in [-0.3, -0.25) is 0 Å². The minimum absolute atomic E-state index is 0.0538. The molecule has 1 nitrogen and oxygen atoms in total. The Hall–Kier alpha value is 0.530. The van der Waals surface area contributed by atoms with Gasteiger partial charge in [0.15, 0.2) is 5.75 Å². The monoisotopic (exact) mass is 346 g/mol. The van der Waals surface area contributed by atoms with Crippen molar-refractivity contribution in [1.29, 1.82) is 0 Å². The predicted molar refractivity (Wildman–Crippen MR) is 82.9 cm³/mol. The first-order chi connectivity index (χ1) is 8.43. The first-order valence-electron chi connectivity index (χ1n) is 5.61. The predicted octanol–water partition coefficient (Wildman–Crippen LogP) is 6.53. The van der Waals surface area contributed by atoms with Crippen molar-refractivity contribution in [3.05, 3.63) is 20.1 Å². The summed E-state index contributed by atoms with van der Waals surface area (Å²) in [5, 5.41) is 10.3. The molecule has 0 aliphatic heterocycles. The van der Waals surface area contributed by atoms with Crippen LogP contribution in [0.25, 0.3) is 0 Å². The fourth-order valence-electron chi connectivity index (χ4n) is 1.45. The summed E-state index contributed by atoms with van der Waals surface area (Å²) in [7, 11) is 0. The van der Waals surface area contributed by atoms with Crippen molar-refractivity contribution in [3.8, 4) is 5.75 Å². The van der Waals surface area contributed by atoms with E-state index in [1.54, 1.807) is 0 Å². The maximum Gasteiger partial charge on any atom is 0.155 e. The molecule has 0 aliphatic rings. The normalized spacial score (nSPS) is 11.3. The van der Waals surface area contributed by atoms with Crippen LogP contribution in [0.4, 0.5) is 0 Å². The van der Waals surface area contributed by atoms with Gasteiger partial charge in [-0.1, -0.05) is 73.1 Å². The van der Waals surface area contributed by atoms with E-state index in [4.69, 9.17) is 46.4 Å². The Bertz CT molecular complexity index is 404. The molecule has 0 unspecified atom stereocenters. The number of hydrogen-bond donors (Lipinski definition) is 1. The molecule has 0 radical (unpaired) electrons. The van der Waals surface area contributed by atoms with Crippen LogP contribution in [0, 0.1) is 5.92 Å². The molecule has 1 aromatic rings. The van der Waals surface area contributed by atoms with Gasteiger partial charge in [-0.25, -0.2) is 0 Å². The van der Waals surface area contributed by atoms with Crippen molar-refractivity contribution in [2.24, 2.45) is 5.92 Å². The van der Waals surface area contributed by atoms with E-state index >= 15 is 0 Å². The lowest BCUT2D eigenvalue weighted by molar-refractivity contribution is 0.475. The molecule has 0 amide bonds. The lowest BCUT2D eigenvalue weighted by atomic mass is 10.1. The van der Waals surface area contributed by atoms with Crippen LogP contribution in [0.2, 0.25) is 20.1 Å². The van der Waals surface area contributed by atoms with E-state index in [9.17, 15) is 5.11 Å². The molecule has 0 atom stereocenters. The molecule has 0 spiro atoms. The van der Waals surface area contributed by atoms with Crippen LogP contribution >= 0.6 is 58.2 Å². The summed E-state index contributed by atoms with van der Waals surface area (Å²) in [4.78, 5) is 0.637. The van der Waals surface area contributed by atoms with E-state index < -0.39 is 0 Å². The summed E-state index contributed by atoms with van der Waals surface area (Å²) in [6.07, 6.45) is 2.19. The van der Waals surface area contributed by atoms with Crippen LogP contribution in [0.1, 0.15) is 26.7 Å². The molecule has 0 fully saturated rings. The average molecular weight is 348 g/mol. The number of benzene rings is 1. The highest BCUT2D eigenvalue weighted by Gasteiger charge is 2.20. The third kappa shape index (κ3) is 3.55. The average Bonchev–Trinajstić information content (AvgIpc) is 2.38. The highest BCUT2D eigenvalue weighted by atomic mass is 35.5. The fraction of sp³-hybridized carbons (Fsp3) is 0.500. The second-order valence-corrected chi connectivity index (χ2v) is 6.47. The molecule has 0 bridgehead atoms. The zero-order valence-electron chi connectivity index (χ0n) is 10.1. The molecule has 18 heavy (non-hydrogen) atoms. The third-order valence-corrected chi connectivity index (χ3v) is 6.06. The van der Waals surface area contributed by atoms with Crippen molar-refractivity contribution in [1.82, 2.24) is 0 Å². The SMILES string of the molecule is CCC(CC)CSc1c(Cl)c(Cl)c(O)c(Cl)c1Cl. The molecule has 102 valence electrons. The first-order valence-corrected chi connectivity index (χ1v) is 8.11. The van der Waals surface area contributed by atoms with E-state index in [2.05, 4.69) is 13.8 Å². The number of phenols is 1. The van der Waals surface area contributed by atoms with E-state index in [-0.39, 0.29) is 25.8 Å². The Labute approximate surface area is 132 Å². The van der Waals surface area contributed by atoms with Crippen LogP contribution in [0.5, 0.6) is 5.75 Å². The molecular weight excluding hydrogens is 334 g/mol. The molecule has 0 saturated heterocycles. The number of phenolic OH excluding ortho intramolecular Hbond substituents is 1. The van der Waals surface area contributed by atoms with Gasteiger partial charge in [0.25, 0.3) is 0 Å². The smallest absolute Gasteiger partial charge is 0.155 e. The molecule has 0 aliphatic carbocycles. The lowest BCUT2D eigenvalue weighted by Crippen LogP contribution is -2.00. The Kier molecular flexibility index (Phi) is 6.77. The van der Waals surface area contributed by atoms with E-state index in [1.165, 1.54) is 11.8 Å². The molecule has 0 aromatic heterocycles. The molecule has 0 heterocycles. The van der Waals surface area contributed by atoms with Crippen LogP contribution in [-0.2, 0) is 0 Å². The van der Waals surface area contributed by atoms with Gasteiger partial charge in [0, 0.05) is 10.6 Å². The molecule has 1 aromatic carbocycles. The molecule has 1 rings (SSSR count). The summed E-state index contributed by atoms with van der Waals surface area (Å²) in [5.41, 5.74) is 0. The summed E-state index contributed by atoms with van der Waals surface area (Å²) in [6.45, 7) is 4.30. The molecule has 1 N–H and O–H groups in total. The molecule has 0 saturated carbocycles. The van der Waals surface area contributed by atoms with Gasteiger partial charge in [0.05, 0.1) is 10.0 Å². The standard InChI is InChI=1S/C12H14Cl4OS/c1-3-6(4-2)5-18-12-9(15)7(13)11(17)8(14)10(12)16/h6,17H,3-5H2,1-2H3. The summed E-state index contributed by atoms with van der Waals surface area (Å²) in [6, 6.07) is 0. The van der Waals surface area contributed by atoms with Gasteiger partial charge in [-0.15, -0.1) is 11.8 Å². The zero-order valence-corrected chi connectivity index (χ0v) is 13.9. The van der Waals surface area contributed by atoms with Crippen LogP contribution in [-0.4, -0.2) is 10.9 Å². The van der Waals surface area contributed by atoms with Gasteiger partial charge in [-0.05, 0) is 5.92 Å². The van der Waals surface area contributed by atoms with Gasteiger partial charge < -0.3 is 5.11 Å². The number of thioether (sulfide) groups is 1. The van der Waals surface area contributed by atoms with Crippen molar-refractivity contribution in [3.63, 3.8) is 0 Å². The lowest BCUT2D eigenvalue weighted by Gasteiger charge is -2.15. The second-order valence-electron chi connectivity index (χ2n) is 3.93. The Balaban J connectivity index is 3.03. The van der Waals surface area contributed by atoms with Gasteiger partial charge >= 0.3 is 0 Å².